The summed E-state index contributed by atoms with van der Waals surface area (Å²) in [5, 5.41) is 15.7. The second kappa shape index (κ2) is 5.00. The van der Waals surface area contributed by atoms with Gasteiger partial charge in [0, 0.05) is 6.07 Å². The number of halogens is 3. The smallest absolute Gasteiger partial charge is 0.394 e. The van der Waals surface area contributed by atoms with Crippen molar-refractivity contribution in [3.63, 3.8) is 0 Å². The average Bonchev–Trinajstić information content (AvgIpc) is 2.82. The average molecular weight is 275 g/mol. The number of nitrogens with zero attached hydrogens (tertiary/aromatic N) is 4. The van der Waals surface area contributed by atoms with E-state index in [1.807, 2.05) is 0 Å². The lowest BCUT2D eigenvalue weighted by atomic mass is 10.2. The second-order valence-electron chi connectivity index (χ2n) is 3.93. The first kappa shape index (κ1) is 13.5. The summed E-state index contributed by atoms with van der Waals surface area (Å²) in [5.74, 6) is -0.0548. The van der Waals surface area contributed by atoms with Gasteiger partial charge in [-0.1, -0.05) is 6.92 Å². The Kier molecular flexibility index (Phi) is 3.56. The minimum absolute atomic E-state index is 0.0933. The Morgan fingerprint density at radius 3 is 2.79 bits per heavy atom. The normalized spacial score (nSPS) is 13.7. The first-order chi connectivity index (χ1) is 8.95. The summed E-state index contributed by atoms with van der Waals surface area (Å²) in [5.41, 5.74) is -1.05. The lowest BCUT2D eigenvalue weighted by Gasteiger charge is -2.17. The number of alkyl halides is 3. The lowest BCUT2D eigenvalue weighted by Crippen LogP contribution is -2.25. The Hall–Kier alpha value is -1.90. The fourth-order valence-electron chi connectivity index (χ4n) is 1.55. The van der Waals surface area contributed by atoms with Crippen LogP contribution in [0.4, 0.5) is 19.0 Å². The highest BCUT2D eigenvalue weighted by Gasteiger charge is 2.34. The summed E-state index contributed by atoms with van der Waals surface area (Å²) in [4.78, 5) is 7.04. The Morgan fingerprint density at radius 1 is 1.47 bits per heavy atom. The second-order valence-corrected chi connectivity index (χ2v) is 3.93. The van der Waals surface area contributed by atoms with E-state index in [0.29, 0.717) is 6.42 Å². The Morgan fingerprint density at radius 2 is 2.21 bits per heavy atom. The van der Waals surface area contributed by atoms with Gasteiger partial charge in [-0.15, -0.1) is 0 Å². The zero-order valence-corrected chi connectivity index (χ0v) is 10.0. The minimum Gasteiger partial charge on any atom is -0.394 e. The number of hydrogen-bond donors (Lipinski definition) is 2. The predicted molar refractivity (Wildman–Crippen MR) is 60.6 cm³/mol. The fourth-order valence-corrected chi connectivity index (χ4v) is 1.55. The molecule has 2 aromatic heterocycles. The van der Waals surface area contributed by atoms with Crippen LogP contribution in [0.2, 0.25) is 0 Å². The summed E-state index contributed by atoms with van der Waals surface area (Å²) < 4.78 is 39.3. The molecule has 0 aromatic carbocycles. The molecule has 6 nitrogen and oxygen atoms in total. The number of aromatic nitrogens is 4. The molecule has 0 spiro atoms. The van der Waals surface area contributed by atoms with E-state index in [-0.39, 0.29) is 24.2 Å². The van der Waals surface area contributed by atoms with Gasteiger partial charge in [0.1, 0.15) is 12.1 Å². The van der Waals surface area contributed by atoms with Gasteiger partial charge >= 0.3 is 6.18 Å². The van der Waals surface area contributed by atoms with Crippen LogP contribution in [0.25, 0.3) is 5.78 Å². The summed E-state index contributed by atoms with van der Waals surface area (Å²) in [6, 6.07) is 0.482. The summed E-state index contributed by atoms with van der Waals surface area (Å²) in [7, 11) is 0. The fraction of sp³-hybridized carbons (Fsp3) is 0.500. The number of hydrogen-bond acceptors (Lipinski definition) is 5. The maximum Gasteiger partial charge on any atom is 0.433 e. The third kappa shape index (κ3) is 2.75. The van der Waals surface area contributed by atoms with Crippen molar-refractivity contribution in [2.24, 2.45) is 0 Å². The van der Waals surface area contributed by atoms with E-state index in [1.165, 1.54) is 0 Å². The van der Waals surface area contributed by atoms with Gasteiger partial charge < -0.3 is 10.4 Å². The zero-order valence-electron chi connectivity index (χ0n) is 10.0. The first-order valence-corrected chi connectivity index (χ1v) is 5.61. The molecular weight excluding hydrogens is 263 g/mol. The molecule has 0 radical (unpaired) electrons. The summed E-state index contributed by atoms with van der Waals surface area (Å²) in [6.45, 7) is 1.61. The number of nitrogens with one attached hydrogen (secondary N) is 1. The molecule has 0 bridgehead atoms. The number of rotatable bonds is 4. The van der Waals surface area contributed by atoms with Crippen molar-refractivity contribution in [1.29, 1.82) is 0 Å². The maximum absolute atomic E-state index is 12.7. The molecule has 0 amide bonds. The standard InChI is InChI=1S/C10H12F3N5O/c1-2-6(4-19)16-8-3-7(10(11,12)13)17-9-14-5-15-18(8)9/h3,5-6,16,19H,2,4H2,1H3/t6-/m0/s1. The van der Waals surface area contributed by atoms with E-state index in [9.17, 15) is 13.2 Å². The maximum atomic E-state index is 12.7. The minimum atomic E-state index is -4.56. The van der Waals surface area contributed by atoms with Gasteiger partial charge in [0.15, 0.2) is 5.69 Å². The quantitative estimate of drug-likeness (QED) is 0.880. The van der Waals surface area contributed by atoms with Crippen LogP contribution in [-0.4, -0.2) is 37.3 Å². The summed E-state index contributed by atoms with van der Waals surface area (Å²) in [6.07, 6.45) is -2.89. The van der Waals surface area contributed by atoms with Crippen molar-refractivity contribution in [3.8, 4) is 0 Å². The summed E-state index contributed by atoms with van der Waals surface area (Å²) >= 11 is 0. The number of aliphatic hydroxyl groups excluding tert-OH is 1. The van der Waals surface area contributed by atoms with E-state index in [2.05, 4.69) is 20.4 Å². The van der Waals surface area contributed by atoms with Gasteiger partial charge in [-0.3, -0.25) is 0 Å². The van der Waals surface area contributed by atoms with Gasteiger partial charge in [-0.05, 0) is 6.42 Å². The van der Waals surface area contributed by atoms with E-state index < -0.39 is 11.9 Å². The highest BCUT2D eigenvalue weighted by molar-refractivity contribution is 5.46. The van der Waals surface area contributed by atoms with Crippen LogP contribution in [0.1, 0.15) is 19.0 Å². The van der Waals surface area contributed by atoms with Gasteiger partial charge in [0.05, 0.1) is 12.6 Å². The first-order valence-electron chi connectivity index (χ1n) is 5.61. The van der Waals surface area contributed by atoms with Gasteiger partial charge in [0.25, 0.3) is 5.78 Å². The largest absolute Gasteiger partial charge is 0.433 e. The number of fused-ring (bicyclic) bond motifs is 1. The van der Waals surface area contributed by atoms with E-state index in [4.69, 9.17) is 5.11 Å². The highest BCUT2D eigenvalue weighted by Crippen LogP contribution is 2.29. The van der Waals surface area contributed by atoms with Gasteiger partial charge in [-0.25, -0.2) is 4.98 Å². The van der Waals surface area contributed by atoms with Crippen LogP contribution in [-0.2, 0) is 6.18 Å². The number of aliphatic hydroxyl groups is 1. The van der Waals surface area contributed by atoms with E-state index in [0.717, 1.165) is 16.9 Å². The van der Waals surface area contributed by atoms with Crippen LogP contribution in [0.15, 0.2) is 12.4 Å². The molecule has 2 heterocycles. The molecule has 0 fully saturated rings. The third-order valence-electron chi connectivity index (χ3n) is 2.61. The van der Waals surface area contributed by atoms with Crippen LogP contribution >= 0.6 is 0 Å². The SMILES string of the molecule is CC[C@@H](CO)Nc1cc(C(F)(F)F)nc2ncnn12. The van der Waals surface area contributed by atoms with Crippen LogP contribution in [0, 0.1) is 0 Å². The molecule has 104 valence electrons. The zero-order chi connectivity index (χ0) is 14.0. The molecule has 0 unspecified atom stereocenters. The van der Waals surface area contributed by atoms with Crippen LogP contribution in [0.5, 0.6) is 0 Å². The predicted octanol–water partition coefficient (Wildman–Crippen LogP) is 1.33. The molecule has 0 aliphatic carbocycles. The van der Waals surface area contributed by atoms with Crippen molar-refractivity contribution >= 4 is 11.6 Å². The van der Waals surface area contributed by atoms with E-state index in [1.54, 1.807) is 6.92 Å². The number of anilines is 1. The Bertz CT molecular complexity index is 564. The molecule has 0 aliphatic heterocycles. The van der Waals surface area contributed by atoms with E-state index >= 15 is 0 Å². The van der Waals surface area contributed by atoms with Crippen molar-refractivity contribution in [1.82, 2.24) is 19.6 Å². The van der Waals surface area contributed by atoms with Gasteiger partial charge in [0.2, 0.25) is 0 Å². The molecule has 19 heavy (non-hydrogen) atoms. The molecule has 0 aliphatic rings. The molecule has 2 N–H and O–H groups in total. The topological polar surface area (TPSA) is 75.3 Å². The van der Waals surface area contributed by atoms with Crippen molar-refractivity contribution in [2.45, 2.75) is 25.6 Å². The molecule has 9 heteroatoms. The van der Waals surface area contributed by atoms with Crippen molar-refractivity contribution in [2.75, 3.05) is 11.9 Å². The van der Waals surface area contributed by atoms with Crippen molar-refractivity contribution in [3.05, 3.63) is 18.1 Å². The van der Waals surface area contributed by atoms with Crippen LogP contribution in [0.3, 0.4) is 0 Å². The molecule has 2 rings (SSSR count). The Labute approximate surface area is 106 Å². The molecule has 1 atom stereocenters. The molecule has 2 aromatic rings. The molecule has 0 saturated carbocycles. The lowest BCUT2D eigenvalue weighted by molar-refractivity contribution is -0.141. The molecule has 0 saturated heterocycles. The Balaban J connectivity index is 2.48. The molecular formula is C10H12F3N5O. The monoisotopic (exact) mass is 275 g/mol. The third-order valence-corrected chi connectivity index (χ3v) is 2.61. The van der Waals surface area contributed by atoms with Crippen molar-refractivity contribution < 1.29 is 18.3 Å². The van der Waals surface area contributed by atoms with Gasteiger partial charge in [-0.2, -0.15) is 27.8 Å². The van der Waals surface area contributed by atoms with Crippen LogP contribution < -0.4 is 5.32 Å². The highest BCUT2D eigenvalue weighted by atomic mass is 19.4.